The van der Waals surface area contributed by atoms with Gasteiger partial charge in [0.1, 0.15) is 22.8 Å². The molecule has 5 heteroatoms. The lowest BCUT2D eigenvalue weighted by molar-refractivity contribution is 0.131. The van der Waals surface area contributed by atoms with Gasteiger partial charge < -0.3 is 9.47 Å². The number of benzene rings is 4. The highest BCUT2D eigenvalue weighted by Gasteiger charge is 2.19. The lowest BCUT2D eigenvalue weighted by Crippen LogP contribution is -2.22. The maximum Gasteiger partial charge on any atom is 0.206 e. The van der Waals surface area contributed by atoms with Crippen LogP contribution >= 0.6 is 0 Å². The van der Waals surface area contributed by atoms with Gasteiger partial charge in [-0.2, -0.15) is 0 Å². The SMILES string of the molecule is CC(c1ccc(Oc2ccc(S(=O)(=O)c3ccc(OC(C)(C)C)cc3)cc2)cc1)c1ccc(C(C)(C)C)cc1. The minimum atomic E-state index is -3.65. The molecule has 0 radical (unpaired) electrons. The second kappa shape index (κ2) is 10.9. The van der Waals surface area contributed by atoms with Crippen LogP contribution in [0.5, 0.6) is 17.2 Å². The molecule has 0 bridgehead atoms. The van der Waals surface area contributed by atoms with E-state index in [0.717, 1.165) is 0 Å². The normalized spacial score (nSPS) is 13.1. The summed E-state index contributed by atoms with van der Waals surface area (Å²) >= 11 is 0. The molecule has 0 aromatic heterocycles. The maximum atomic E-state index is 13.1. The summed E-state index contributed by atoms with van der Waals surface area (Å²) in [5.74, 6) is 2.15. The zero-order valence-electron chi connectivity index (χ0n) is 23.9. The van der Waals surface area contributed by atoms with Crippen molar-refractivity contribution in [3.63, 3.8) is 0 Å². The lowest BCUT2D eigenvalue weighted by atomic mass is 9.85. The average molecular weight is 543 g/mol. The van der Waals surface area contributed by atoms with Crippen LogP contribution in [-0.2, 0) is 15.3 Å². The first-order valence-corrected chi connectivity index (χ1v) is 14.7. The molecule has 4 rings (SSSR count). The Morgan fingerprint density at radius 1 is 0.564 bits per heavy atom. The molecule has 4 aromatic rings. The quantitative estimate of drug-likeness (QED) is 0.234. The topological polar surface area (TPSA) is 52.6 Å². The number of hydrogen-bond acceptors (Lipinski definition) is 4. The summed E-state index contributed by atoms with van der Waals surface area (Å²) in [7, 11) is -3.65. The van der Waals surface area contributed by atoms with Gasteiger partial charge in [0.15, 0.2) is 0 Å². The fourth-order valence-corrected chi connectivity index (χ4v) is 5.55. The molecule has 0 aliphatic rings. The molecule has 4 nitrogen and oxygen atoms in total. The Morgan fingerprint density at radius 3 is 1.36 bits per heavy atom. The summed E-state index contributed by atoms with van der Waals surface area (Å²) in [6.45, 7) is 14.7. The fourth-order valence-electron chi connectivity index (χ4n) is 4.29. The van der Waals surface area contributed by atoms with Gasteiger partial charge in [-0.05, 0) is 104 Å². The Bertz CT molecular complexity index is 1490. The molecule has 4 aromatic carbocycles. The van der Waals surface area contributed by atoms with Gasteiger partial charge in [-0.25, -0.2) is 8.42 Å². The standard InChI is InChI=1S/C34H38O4S/c1-24(25-8-12-27(13-9-25)33(2,3)4)26-10-14-28(15-11-26)37-29-16-20-31(21-17-29)39(35,36)32-22-18-30(19-23-32)38-34(5,6)7/h8-24H,1-7H3. The van der Waals surface area contributed by atoms with E-state index in [1.54, 1.807) is 48.5 Å². The highest BCUT2D eigenvalue weighted by Crippen LogP contribution is 2.31. The number of hydrogen-bond donors (Lipinski definition) is 0. The van der Waals surface area contributed by atoms with Crippen molar-refractivity contribution < 1.29 is 17.9 Å². The third kappa shape index (κ3) is 7.10. The van der Waals surface area contributed by atoms with Crippen LogP contribution in [0.3, 0.4) is 0 Å². The molecule has 0 fully saturated rings. The first-order valence-electron chi connectivity index (χ1n) is 13.2. The van der Waals surface area contributed by atoms with Crippen LogP contribution in [-0.4, -0.2) is 14.0 Å². The summed E-state index contributed by atoms with van der Waals surface area (Å²) in [4.78, 5) is 0.427. The van der Waals surface area contributed by atoms with Crippen LogP contribution in [0.15, 0.2) is 107 Å². The third-order valence-electron chi connectivity index (χ3n) is 6.58. The predicted octanol–water partition coefficient (Wildman–Crippen LogP) is 8.94. The van der Waals surface area contributed by atoms with E-state index in [0.29, 0.717) is 17.2 Å². The molecule has 0 aliphatic heterocycles. The molecule has 0 saturated carbocycles. The van der Waals surface area contributed by atoms with E-state index < -0.39 is 9.84 Å². The number of ether oxygens (including phenoxy) is 2. The fraction of sp³-hybridized carbons (Fsp3) is 0.294. The van der Waals surface area contributed by atoms with Gasteiger partial charge in [0.2, 0.25) is 9.84 Å². The highest BCUT2D eigenvalue weighted by molar-refractivity contribution is 7.91. The van der Waals surface area contributed by atoms with E-state index in [1.807, 2.05) is 32.9 Å². The summed E-state index contributed by atoms with van der Waals surface area (Å²) in [5, 5.41) is 0. The number of sulfone groups is 1. The smallest absolute Gasteiger partial charge is 0.206 e. The Hall–Kier alpha value is -3.57. The lowest BCUT2D eigenvalue weighted by Gasteiger charge is -2.21. The van der Waals surface area contributed by atoms with E-state index in [-0.39, 0.29) is 26.7 Å². The van der Waals surface area contributed by atoms with Crippen molar-refractivity contribution >= 4 is 9.84 Å². The van der Waals surface area contributed by atoms with E-state index in [1.165, 1.54) is 16.7 Å². The molecule has 204 valence electrons. The Labute approximate surface area is 233 Å². The van der Waals surface area contributed by atoms with Gasteiger partial charge in [0.25, 0.3) is 0 Å². The zero-order valence-corrected chi connectivity index (χ0v) is 24.7. The number of rotatable bonds is 7. The molecule has 1 unspecified atom stereocenters. The van der Waals surface area contributed by atoms with Gasteiger partial charge in [-0.3, -0.25) is 0 Å². The molecule has 0 spiro atoms. The summed E-state index contributed by atoms with van der Waals surface area (Å²) in [5.41, 5.74) is 3.57. The van der Waals surface area contributed by atoms with Gasteiger partial charge in [-0.1, -0.05) is 64.1 Å². The van der Waals surface area contributed by atoms with Crippen LogP contribution in [0, 0.1) is 0 Å². The van der Waals surface area contributed by atoms with Crippen molar-refractivity contribution in [3.8, 4) is 17.2 Å². The van der Waals surface area contributed by atoms with Gasteiger partial charge >= 0.3 is 0 Å². The second-order valence-corrected chi connectivity index (χ2v) is 13.9. The van der Waals surface area contributed by atoms with Crippen LogP contribution in [0.2, 0.25) is 0 Å². The van der Waals surface area contributed by atoms with E-state index in [9.17, 15) is 8.42 Å². The first-order chi connectivity index (χ1) is 18.2. The summed E-state index contributed by atoms with van der Waals surface area (Å²) < 4.78 is 38.0. The monoisotopic (exact) mass is 542 g/mol. The molecule has 0 N–H and O–H groups in total. The molecule has 0 amide bonds. The van der Waals surface area contributed by atoms with E-state index >= 15 is 0 Å². The Morgan fingerprint density at radius 2 is 0.949 bits per heavy atom. The molecule has 1 atom stereocenters. The molecule has 0 heterocycles. The predicted molar refractivity (Wildman–Crippen MR) is 158 cm³/mol. The average Bonchev–Trinajstić information content (AvgIpc) is 2.88. The molecular weight excluding hydrogens is 504 g/mol. The summed E-state index contributed by atoms with van der Waals surface area (Å²) in [6, 6.07) is 29.9. The van der Waals surface area contributed by atoms with Crippen LogP contribution in [0.4, 0.5) is 0 Å². The first kappa shape index (κ1) is 28.4. The molecule has 0 saturated heterocycles. The van der Waals surface area contributed by atoms with Crippen LogP contribution in [0.25, 0.3) is 0 Å². The summed E-state index contributed by atoms with van der Waals surface area (Å²) in [6.07, 6.45) is 0. The Balaban J connectivity index is 1.42. The van der Waals surface area contributed by atoms with E-state index in [2.05, 4.69) is 64.1 Å². The zero-order chi connectivity index (χ0) is 28.4. The van der Waals surface area contributed by atoms with Gasteiger partial charge in [-0.15, -0.1) is 0 Å². The highest BCUT2D eigenvalue weighted by atomic mass is 32.2. The van der Waals surface area contributed by atoms with Crippen LogP contribution < -0.4 is 9.47 Å². The minimum absolute atomic E-state index is 0.135. The second-order valence-electron chi connectivity index (χ2n) is 11.9. The molecule has 39 heavy (non-hydrogen) atoms. The van der Waals surface area contributed by atoms with Crippen molar-refractivity contribution in [1.82, 2.24) is 0 Å². The van der Waals surface area contributed by atoms with Gasteiger partial charge in [0.05, 0.1) is 9.79 Å². The van der Waals surface area contributed by atoms with E-state index in [4.69, 9.17) is 9.47 Å². The van der Waals surface area contributed by atoms with Crippen molar-refractivity contribution in [2.75, 3.05) is 0 Å². The van der Waals surface area contributed by atoms with Gasteiger partial charge in [0, 0.05) is 5.92 Å². The van der Waals surface area contributed by atoms with Crippen LogP contribution in [0.1, 0.15) is 71.1 Å². The maximum absolute atomic E-state index is 13.1. The largest absolute Gasteiger partial charge is 0.488 e. The Kier molecular flexibility index (Phi) is 7.94. The molecular formula is C34H38O4S. The minimum Gasteiger partial charge on any atom is -0.488 e. The third-order valence-corrected chi connectivity index (χ3v) is 8.37. The van der Waals surface area contributed by atoms with Crippen molar-refractivity contribution in [2.45, 2.75) is 75.2 Å². The van der Waals surface area contributed by atoms with Crippen molar-refractivity contribution in [2.24, 2.45) is 0 Å². The van der Waals surface area contributed by atoms with Crippen molar-refractivity contribution in [1.29, 1.82) is 0 Å². The molecule has 0 aliphatic carbocycles. The van der Waals surface area contributed by atoms with Crippen molar-refractivity contribution in [3.05, 3.63) is 114 Å².